The Kier molecular flexibility index (Phi) is 5.48. The molecule has 0 aromatic heterocycles. The van der Waals surface area contributed by atoms with Crippen molar-refractivity contribution >= 4 is 18.3 Å². The molecule has 2 rings (SSSR count). The third kappa shape index (κ3) is 3.31. The summed E-state index contributed by atoms with van der Waals surface area (Å²) in [6, 6.07) is 0.142. The summed E-state index contributed by atoms with van der Waals surface area (Å²) in [5.41, 5.74) is 0. The van der Waals surface area contributed by atoms with Crippen molar-refractivity contribution in [2.75, 3.05) is 26.3 Å². The molecule has 3 atom stereocenters. The van der Waals surface area contributed by atoms with Gasteiger partial charge in [0.25, 0.3) is 5.91 Å². The van der Waals surface area contributed by atoms with E-state index in [2.05, 4.69) is 10.6 Å². The number of hydrogen-bond acceptors (Lipinski definition) is 4. The lowest BCUT2D eigenvalue weighted by Gasteiger charge is -2.25. The predicted molar refractivity (Wildman–Crippen MR) is 61.8 cm³/mol. The Labute approximate surface area is 102 Å². The summed E-state index contributed by atoms with van der Waals surface area (Å²) >= 11 is 0. The van der Waals surface area contributed by atoms with Gasteiger partial charge in [-0.3, -0.25) is 4.79 Å². The molecule has 0 aromatic rings. The predicted octanol–water partition coefficient (Wildman–Crippen LogP) is -0.310. The fraction of sp³-hybridized carbons (Fsp3) is 0.900. The van der Waals surface area contributed by atoms with Crippen LogP contribution in [0.4, 0.5) is 0 Å². The minimum absolute atomic E-state index is 0. The van der Waals surface area contributed by atoms with E-state index in [0.29, 0.717) is 13.2 Å². The molecule has 0 bridgehead atoms. The number of ether oxygens (including phenoxy) is 2. The molecule has 0 radical (unpaired) electrons. The van der Waals surface area contributed by atoms with Crippen LogP contribution in [0.25, 0.3) is 0 Å². The SMILES string of the molecule is CC1OCCC1NC(=O)C1CNCCO1.Cl. The maximum atomic E-state index is 11.8. The molecule has 0 aromatic carbocycles. The molecular formula is C10H19ClN2O3. The van der Waals surface area contributed by atoms with Crippen molar-refractivity contribution in [3.63, 3.8) is 0 Å². The maximum absolute atomic E-state index is 11.8. The van der Waals surface area contributed by atoms with Gasteiger partial charge in [-0.2, -0.15) is 0 Å². The van der Waals surface area contributed by atoms with Gasteiger partial charge in [0.05, 0.1) is 18.8 Å². The van der Waals surface area contributed by atoms with Crippen LogP contribution in [-0.4, -0.2) is 50.5 Å². The van der Waals surface area contributed by atoms with Crippen LogP contribution in [0.1, 0.15) is 13.3 Å². The number of carbonyl (C=O) groups excluding carboxylic acids is 1. The summed E-state index contributed by atoms with van der Waals surface area (Å²) in [5.74, 6) is -0.0236. The van der Waals surface area contributed by atoms with Gasteiger partial charge in [0, 0.05) is 19.7 Å². The second-order valence-corrected chi connectivity index (χ2v) is 4.04. The largest absolute Gasteiger partial charge is 0.376 e. The van der Waals surface area contributed by atoms with E-state index in [1.165, 1.54) is 0 Å². The number of amides is 1. The first-order chi connectivity index (χ1) is 7.27. The average molecular weight is 251 g/mol. The number of rotatable bonds is 2. The van der Waals surface area contributed by atoms with Crippen LogP contribution in [0.15, 0.2) is 0 Å². The minimum Gasteiger partial charge on any atom is -0.376 e. The molecule has 0 saturated carbocycles. The monoisotopic (exact) mass is 250 g/mol. The summed E-state index contributed by atoms with van der Waals surface area (Å²) in [4.78, 5) is 11.8. The van der Waals surface area contributed by atoms with E-state index in [9.17, 15) is 4.79 Å². The Bertz CT molecular complexity index is 234. The van der Waals surface area contributed by atoms with Gasteiger partial charge in [0.15, 0.2) is 0 Å². The smallest absolute Gasteiger partial charge is 0.250 e. The molecule has 2 fully saturated rings. The average Bonchev–Trinajstić information content (AvgIpc) is 2.66. The first kappa shape index (κ1) is 13.7. The third-order valence-electron chi connectivity index (χ3n) is 2.92. The maximum Gasteiger partial charge on any atom is 0.250 e. The summed E-state index contributed by atoms with van der Waals surface area (Å²) < 4.78 is 10.8. The zero-order valence-electron chi connectivity index (χ0n) is 9.40. The van der Waals surface area contributed by atoms with Crippen LogP contribution in [-0.2, 0) is 14.3 Å². The topological polar surface area (TPSA) is 59.6 Å². The minimum atomic E-state index is -0.341. The normalized spacial score (nSPS) is 34.2. The molecule has 5 nitrogen and oxygen atoms in total. The molecule has 6 heteroatoms. The molecule has 0 aliphatic carbocycles. The quantitative estimate of drug-likeness (QED) is 0.706. The van der Waals surface area contributed by atoms with Crippen molar-refractivity contribution < 1.29 is 14.3 Å². The van der Waals surface area contributed by atoms with E-state index in [-0.39, 0.29) is 36.6 Å². The summed E-state index contributed by atoms with van der Waals surface area (Å²) in [7, 11) is 0. The van der Waals surface area contributed by atoms with Gasteiger partial charge in [-0.1, -0.05) is 0 Å². The molecule has 16 heavy (non-hydrogen) atoms. The van der Waals surface area contributed by atoms with E-state index in [4.69, 9.17) is 9.47 Å². The Morgan fingerprint density at radius 3 is 2.75 bits per heavy atom. The van der Waals surface area contributed by atoms with E-state index in [1.54, 1.807) is 0 Å². The fourth-order valence-corrected chi connectivity index (χ4v) is 1.93. The second-order valence-electron chi connectivity index (χ2n) is 4.04. The Hall–Kier alpha value is -0.360. The molecule has 3 unspecified atom stereocenters. The molecule has 2 heterocycles. The van der Waals surface area contributed by atoms with Crippen molar-refractivity contribution in [1.29, 1.82) is 0 Å². The second kappa shape index (κ2) is 6.39. The van der Waals surface area contributed by atoms with Crippen LogP contribution in [0.2, 0.25) is 0 Å². The summed E-state index contributed by atoms with van der Waals surface area (Å²) in [6.07, 6.45) is 0.671. The molecule has 0 spiro atoms. The van der Waals surface area contributed by atoms with Crippen LogP contribution in [0.3, 0.4) is 0 Å². The highest BCUT2D eigenvalue weighted by Crippen LogP contribution is 2.12. The highest BCUT2D eigenvalue weighted by molar-refractivity contribution is 5.85. The fourth-order valence-electron chi connectivity index (χ4n) is 1.93. The Morgan fingerprint density at radius 1 is 1.38 bits per heavy atom. The first-order valence-corrected chi connectivity index (χ1v) is 5.51. The highest BCUT2D eigenvalue weighted by Gasteiger charge is 2.29. The Morgan fingerprint density at radius 2 is 2.19 bits per heavy atom. The first-order valence-electron chi connectivity index (χ1n) is 5.51. The molecule has 2 aliphatic heterocycles. The van der Waals surface area contributed by atoms with Crippen molar-refractivity contribution in [2.24, 2.45) is 0 Å². The third-order valence-corrected chi connectivity index (χ3v) is 2.92. The number of halogens is 1. The number of carbonyl (C=O) groups is 1. The molecular weight excluding hydrogens is 232 g/mol. The standard InChI is InChI=1S/C10H18N2O3.ClH/c1-7-8(2-4-14-7)12-10(13)9-6-11-3-5-15-9;/h7-9,11H,2-6H2,1H3,(H,12,13);1H. The highest BCUT2D eigenvalue weighted by atomic mass is 35.5. The van der Waals surface area contributed by atoms with Gasteiger partial charge >= 0.3 is 0 Å². The van der Waals surface area contributed by atoms with E-state index in [0.717, 1.165) is 19.6 Å². The van der Waals surface area contributed by atoms with Crippen molar-refractivity contribution in [1.82, 2.24) is 10.6 Å². The van der Waals surface area contributed by atoms with Crippen LogP contribution in [0, 0.1) is 0 Å². The lowest BCUT2D eigenvalue weighted by molar-refractivity contribution is -0.135. The zero-order chi connectivity index (χ0) is 10.7. The van der Waals surface area contributed by atoms with Crippen LogP contribution >= 0.6 is 12.4 Å². The van der Waals surface area contributed by atoms with E-state index >= 15 is 0 Å². The van der Waals surface area contributed by atoms with Crippen LogP contribution < -0.4 is 10.6 Å². The van der Waals surface area contributed by atoms with Crippen molar-refractivity contribution in [2.45, 2.75) is 31.6 Å². The van der Waals surface area contributed by atoms with Crippen LogP contribution in [0.5, 0.6) is 0 Å². The van der Waals surface area contributed by atoms with E-state index in [1.807, 2.05) is 6.92 Å². The van der Waals surface area contributed by atoms with Crippen molar-refractivity contribution in [3.05, 3.63) is 0 Å². The lowest BCUT2D eigenvalue weighted by Crippen LogP contribution is -2.51. The molecule has 1 amide bonds. The van der Waals surface area contributed by atoms with Gasteiger partial charge in [0.2, 0.25) is 0 Å². The van der Waals surface area contributed by atoms with Crippen molar-refractivity contribution in [3.8, 4) is 0 Å². The number of nitrogens with one attached hydrogen (secondary N) is 2. The number of morpholine rings is 1. The van der Waals surface area contributed by atoms with Gasteiger partial charge in [-0.15, -0.1) is 12.4 Å². The molecule has 2 N–H and O–H groups in total. The zero-order valence-corrected chi connectivity index (χ0v) is 10.2. The van der Waals surface area contributed by atoms with E-state index < -0.39 is 0 Å². The van der Waals surface area contributed by atoms with Gasteiger partial charge < -0.3 is 20.1 Å². The van der Waals surface area contributed by atoms with Gasteiger partial charge in [-0.05, 0) is 13.3 Å². The molecule has 94 valence electrons. The van der Waals surface area contributed by atoms with Gasteiger partial charge in [0.1, 0.15) is 6.10 Å². The number of hydrogen-bond donors (Lipinski definition) is 2. The Balaban J connectivity index is 0.00000128. The molecule has 2 aliphatic rings. The lowest BCUT2D eigenvalue weighted by atomic mass is 10.1. The summed E-state index contributed by atoms with van der Waals surface area (Å²) in [6.45, 7) is 4.75. The van der Waals surface area contributed by atoms with Gasteiger partial charge in [-0.25, -0.2) is 0 Å². The molecule has 2 saturated heterocycles. The summed E-state index contributed by atoms with van der Waals surface area (Å²) in [5, 5.41) is 6.10.